The average molecular weight is 494 g/mol. The fourth-order valence-electron chi connectivity index (χ4n) is 2.61. The molecular weight excluding hydrogens is 476 g/mol. The highest BCUT2D eigenvalue weighted by molar-refractivity contribution is 9.10. The van der Waals surface area contributed by atoms with Crippen molar-refractivity contribution < 1.29 is 13.2 Å². The van der Waals surface area contributed by atoms with Gasteiger partial charge in [0, 0.05) is 22.8 Å². The largest absolute Gasteiger partial charge is 0.322 e. The molecule has 0 aliphatic carbocycles. The summed E-state index contributed by atoms with van der Waals surface area (Å²) < 4.78 is 27.5. The number of sulfonamides is 1. The topological polar surface area (TPSA) is 66.5 Å². The van der Waals surface area contributed by atoms with E-state index in [0.717, 1.165) is 10.0 Å². The number of amides is 1. The highest BCUT2D eigenvalue weighted by Gasteiger charge is 2.21. The quantitative estimate of drug-likeness (QED) is 0.511. The second kappa shape index (κ2) is 8.57. The van der Waals surface area contributed by atoms with Crippen molar-refractivity contribution in [3.63, 3.8) is 0 Å². The monoisotopic (exact) mass is 492 g/mol. The molecule has 0 unspecified atom stereocenters. The van der Waals surface area contributed by atoms with Crippen LogP contribution >= 0.6 is 27.5 Å². The molecule has 150 valence electrons. The first-order chi connectivity index (χ1) is 13.7. The standard InChI is InChI=1S/C21H18BrClN2O3S/c1-14-3-10-18(11-4-14)29(27,28)25(2)17-8-5-15(6-9-17)21(26)24-16-7-12-19(22)20(23)13-16/h3-13H,1-2H3,(H,24,26). The van der Waals surface area contributed by atoms with E-state index in [-0.39, 0.29) is 10.8 Å². The molecule has 0 fully saturated rings. The van der Waals surface area contributed by atoms with Crippen LogP contribution in [0.3, 0.4) is 0 Å². The summed E-state index contributed by atoms with van der Waals surface area (Å²) >= 11 is 9.34. The maximum absolute atomic E-state index is 12.8. The smallest absolute Gasteiger partial charge is 0.264 e. The molecular formula is C21H18BrClN2O3S. The van der Waals surface area contributed by atoms with Crippen molar-refractivity contribution in [1.82, 2.24) is 0 Å². The van der Waals surface area contributed by atoms with Gasteiger partial charge in [0.15, 0.2) is 0 Å². The Morgan fingerprint density at radius 3 is 2.21 bits per heavy atom. The number of carbonyl (C=O) groups excluding carboxylic acids is 1. The number of benzene rings is 3. The Morgan fingerprint density at radius 1 is 1.00 bits per heavy atom. The molecule has 0 saturated heterocycles. The molecule has 1 N–H and O–H groups in total. The van der Waals surface area contributed by atoms with Gasteiger partial charge in [0.25, 0.3) is 15.9 Å². The van der Waals surface area contributed by atoms with E-state index in [1.54, 1.807) is 66.7 Å². The Labute approximate surface area is 183 Å². The highest BCUT2D eigenvalue weighted by atomic mass is 79.9. The SMILES string of the molecule is Cc1ccc(S(=O)(=O)N(C)c2ccc(C(=O)Nc3ccc(Br)c(Cl)c3)cc2)cc1. The first kappa shape index (κ1) is 21.4. The summed E-state index contributed by atoms with van der Waals surface area (Å²) in [5, 5.41) is 3.25. The van der Waals surface area contributed by atoms with Gasteiger partial charge in [-0.1, -0.05) is 29.3 Å². The van der Waals surface area contributed by atoms with Crippen molar-refractivity contribution in [2.45, 2.75) is 11.8 Å². The second-order valence-electron chi connectivity index (χ2n) is 6.42. The molecule has 0 bridgehead atoms. The Bertz CT molecular complexity index is 1150. The summed E-state index contributed by atoms with van der Waals surface area (Å²) in [5.41, 5.74) is 2.39. The van der Waals surface area contributed by atoms with Crippen LogP contribution < -0.4 is 9.62 Å². The van der Waals surface area contributed by atoms with Crippen molar-refractivity contribution in [2.75, 3.05) is 16.7 Å². The summed E-state index contributed by atoms with van der Waals surface area (Å²) in [6, 6.07) is 18.1. The van der Waals surface area contributed by atoms with Crippen LogP contribution in [0.15, 0.2) is 76.1 Å². The van der Waals surface area contributed by atoms with Gasteiger partial charge in [-0.25, -0.2) is 8.42 Å². The van der Waals surface area contributed by atoms with Crippen LogP contribution in [-0.2, 0) is 10.0 Å². The minimum absolute atomic E-state index is 0.208. The molecule has 5 nitrogen and oxygen atoms in total. The van der Waals surface area contributed by atoms with Crippen LogP contribution in [0.5, 0.6) is 0 Å². The number of nitrogens with zero attached hydrogens (tertiary/aromatic N) is 1. The van der Waals surface area contributed by atoms with Gasteiger partial charge in [0.1, 0.15) is 0 Å². The number of anilines is 2. The Morgan fingerprint density at radius 2 is 1.62 bits per heavy atom. The van der Waals surface area contributed by atoms with Gasteiger partial charge >= 0.3 is 0 Å². The van der Waals surface area contributed by atoms with Gasteiger partial charge in [0.2, 0.25) is 0 Å². The Hall–Kier alpha value is -2.35. The highest BCUT2D eigenvalue weighted by Crippen LogP contribution is 2.26. The van der Waals surface area contributed by atoms with Crippen molar-refractivity contribution >= 4 is 54.8 Å². The number of rotatable bonds is 5. The lowest BCUT2D eigenvalue weighted by atomic mass is 10.2. The lowest BCUT2D eigenvalue weighted by Gasteiger charge is -2.20. The van der Waals surface area contributed by atoms with Gasteiger partial charge in [-0.05, 0) is 77.5 Å². The fraction of sp³-hybridized carbons (Fsp3) is 0.0952. The van der Waals surface area contributed by atoms with E-state index in [9.17, 15) is 13.2 Å². The van der Waals surface area contributed by atoms with E-state index in [4.69, 9.17) is 11.6 Å². The molecule has 0 spiro atoms. The number of aryl methyl sites for hydroxylation is 1. The number of halogens is 2. The summed E-state index contributed by atoms with van der Waals surface area (Å²) in [5.74, 6) is -0.320. The third kappa shape index (κ3) is 4.80. The van der Waals surface area contributed by atoms with Crippen molar-refractivity contribution in [2.24, 2.45) is 0 Å². The van der Waals surface area contributed by atoms with Crippen LogP contribution in [-0.4, -0.2) is 21.4 Å². The van der Waals surface area contributed by atoms with Gasteiger partial charge in [-0.2, -0.15) is 0 Å². The fourth-order valence-corrected chi connectivity index (χ4v) is 4.23. The Kier molecular flexibility index (Phi) is 6.31. The van der Waals surface area contributed by atoms with Gasteiger partial charge < -0.3 is 5.32 Å². The zero-order chi connectivity index (χ0) is 21.2. The van der Waals surface area contributed by atoms with Crippen LogP contribution in [0.4, 0.5) is 11.4 Å². The van der Waals surface area contributed by atoms with Crippen LogP contribution in [0.2, 0.25) is 5.02 Å². The number of hydrogen-bond donors (Lipinski definition) is 1. The predicted octanol–water partition coefficient (Wildman–Crippen LogP) is 5.49. The molecule has 0 aliphatic heterocycles. The minimum atomic E-state index is -3.69. The number of nitrogens with one attached hydrogen (secondary N) is 1. The molecule has 0 atom stereocenters. The van der Waals surface area contributed by atoms with Crippen LogP contribution in [0, 0.1) is 6.92 Å². The predicted molar refractivity (Wildman–Crippen MR) is 120 cm³/mol. The van der Waals surface area contributed by atoms with E-state index in [0.29, 0.717) is 22.0 Å². The molecule has 3 aromatic rings. The maximum Gasteiger partial charge on any atom is 0.264 e. The van der Waals surface area contributed by atoms with Gasteiger partial charge in [0.05, 0.1) is 15.6 Å². The molecule has 0 aliphatic rings. The minimum Gasteiger partial charge on any atom is -0.322 e. The number of hydrogen-bond acceptors (Lipinski definition) is 3. The second-order valence-corrected chi connectivity index (χ2v) is 9.65. The lowest BCUT2D eigenvalue weighted by Crippen LogP contribution is -2.26. The lowest BCUT2D eigenvalue weighted by molar-refractivity contribution is 0.102. The summed E-state index contributed by atoms with van der Waals surface area (Å²) in [6.07, 6.45) is 0. The molecule has 0 saturated carbocycles. The van der Waals surface area contributed by atoms with E-state index >= 15 is 0 Å². The van der Waals surface area contributed by atoms with Gasteiger partial charge in [-0.3, -0.25) is 9.10 Å². The normalized spacial score (nSPS) is 11.2. The van der Waals surface area contributed by atoms with E-state index < -0.39 is 10.0 Å². The molecule has 0 heterocycles. The van der Waals surface area contributed by atoms with E-state index in [1.807, 2.05) is 6.92 Å². The average Bonchev–Trinajstić information content (AvgIpc) is 2.70. The van der Waals surface area contributed by atoms with Crippen LogP contribution in [0.1, 0.15) is 15.9 Å². The molecule has 1 amide bonds. The summed E-state index contributed by atoms with van der Waals surface area (Å²) in [4.78, 5) is 12.7. The maximum atomic E-state index is 12.8. The van der Waals surface area contributed by atoms with Crippen molar-refractivity contribution in [3.05, 3.63) is 87.4 Å². The molecule has 3 rings (SSSR count). The van der Waals surface area contributed by atoms with Crippen LogP contribution in [0.25, 0.3) is 0 Å². The third-order valence-corrected chi connectivity index (χ3v) is 7.38. The summed E-state index contributed by atoms with van der Waals surface area (Å²) in [6.45, 7) is 1.89. The molecule has 0 aromatic heterocycles. The summed E-state index contributed by atoms with van der Waals surface area (Å²) in [7, 11) is -2.21. The molecule has 0 radical (unpaired) electrons. The molecule has 29 heavy (non-hydrogen) atoms. The number of carbonyl (C=O) groups is 1. The molecule has 3 aromatic carbocycles. The van der Waals surface area contributed by atoms with E-state index in [2.05, 4.69) is 21.2 Å². The first-order valence-corrected chi connectivity index (χ1v) is 11.2. The van der Waals surface area contributed by atoms with E-state index in [1.165, 1.54) is 11.4 Å². The van der Waals surface area contributed by atoms with Crippen molar-refractivity contribution in [1.29, 1.82) is 0 Å². The van der Waals surface area contributed by atoms with Crippen molar-refractivity contribution in [3.8, 4) is 0 Å². The Balaban J connectivity index is 1.77. The first-order valence-electron chi connectivity index (χ1n) is 8.60. The van der Waals surface area contributed by atoms with Gasteiger partial charge in [-0.15, -0.1) is 0 Å². The zero-order valence-corrected chi connectivity index (χ0v) is 18.8. The zero-order valence-electron chi connectivity index (χ0n) is 15.7. The molecule has 8 heteroatoms. The third-order valence-electron chi connectivity index (χ3n) is 4.35.